The normalized spacial score (nSPS) is 12.1. The van der Waals surface area contributed by atoms with E-state index in [2.05, 4.69) is 4.74 Å². The largest absolute Gasteiger partial charge is 0.497 e. The zero-order valence-electron chi connectivity index (χ0n) is 11.9. The minimum atomic E-state index is -3.85. The fourth-order valence-electron chi connectivity index (χ4n) is 1.62. The quantitative estimate of drug-likeness (QED) is 0.813. The summed E-state index contributed by atoms with van der Waals surface area (Å²) in [6.45, 7) is 1.29. The van der Waals surface area contributed by atoms with Gasteiger partial charge in [0.05, 0.1) is 20.8 Å². The highest BCUT2D eigenvalue weighted by Crippen LogP contribution is 2.37. The van der Waals surface area contributed by atoms with E-state index in [1.165, 1.54) is 39.3 Å². The van der Waals surface area contributed by atoms with E-state index in [-0.39, 0.29) is 30.3 Å². The number of methoxy groups -OCH3 is 2. The van der Waals surface area contributed by atoms with Crippen molar-refractivity contribution in [2.24, 2.45) is 5.73 Å². The SMILES string of the molecule is CCOC(=O)C(F)(F)[C@@H](N)c1ccc(OC)cc1OC.Cl. The van der Waals surface area contributed by atoms with Crippen LogP contribution in [0.1, 0.15) is 18.5 Å². The van der Waals surface area contributed by atoms with E-state index in [1.54, 1.807) is 0 Å². The number of benzene rings is 1. The molecule has 0 aliphatic carbocycles. The Bertz CT molecular complexity index is 485. The Hall–Kier alpha value is -1.60. The van der Waals surface area contributed by atoms with Crippen LogP contribution in [-0.2, 0) is 9.53 Å². The van der Waals surface area contributed by atoms with Gasteiger partial charge in [0, 0.05) is 11.6 Å². The third-order valence-electron chi connectivity index (χ3n) is 2.71. The molecule has 1 aromatic rings. The summed E-state index contributed by atoms with van der Waals surface area (Å²) < 4.78 is 42.1. The zero-order chi connectivity index (χ0) is 15.3. The zero-order valence-corrected chi connectivity index (χ0v) is 12.7. The number of carbonyl (C=O) groups is 1. The van der Waals surface area contributed by atoms with Gasteiger partial charge in [0.2, 0.25) is 0 Å². The lowest BCUT2D eigenvalue weighted by Crippen LogP contribution is -2.41. The van der Waals surface area contributed by atoms with Crippen molar-refractivity contribution in [2.45, 2.75) is 18.9 Å². The number of halogens is 3. The van der Waals surface area contributed by atoms with Crippen molar-refractivity contribution < 1.29 is 27.8 Å². The molecule has 0 aliphatic heterocycles. The predicted molar refractivity (Wildman–Crippen MR) is 75.3 cm³/mol. The van der Waals surface area contributed by atoms with Crippen molar-refractivity contribution in [3.63, 3.8) is 0 Å². The van der Waals surface area contributed by atoms with Crippen LogP contribution < -0.4 is 15.2 Å². The number of rotatable bonds is 6. The monoisotopic (exact) mass is 325 g/mol. The molecule has 1 aromatic carbocycles. The molecule has 0 bridgehead atoms. The third kappa shape index (κ3) is 4.18. The van der Waals surface area contributed by atoms with Gasteiger partial charge >= 0.3 is 11.9 Å². The summed E-state index contributed by atoms with van der Waals surface area (Å²) in [5, 5.41) is 0. The Balaban J connectivity index is 0.00000400. The molecule has 0 saturated heterocycles. The van der Waals surface area contributed by atoms with Crippen molar-refractivity contribution in [3.05, 3.63) is 23.8 Å². The minimum Gasteiger partial charge on any atom is -0.497 e. The van der Waals surface area contributed by atoms with Crippen LogP contribution in [0.15, 0.2) is 18.2 Å². The summed E-state index contributed by atoms with van der Waals surface area (Å²) in [4.78, 5) is 11.3. The molecule has 0 aliphatic rings. The molecule has 1 atom stereocenters. The van der Waals surface area contributed by atoms with Crippen LogP contribution in [0.3, 0.4) is 0 Å². The maximum atomic E-state index is 13.9. The first kappa shape index (κ1) is 19.4. The number of ether oxygens (including phenoxy) is 3. The topological polar surface area (TPSA) is 70.8 Å². The van der Waals surface area contributed by atoms with Crippen LogP contribution in [-0.4, -0.2) is 32.7 Å². The van der Waals surface area contributed by atoms with Crippen LogP contribution >= 0.6 is 12.4 Å². The molecule has 8 heteroatoms. The summed E-state index contributed by atoms with van der Waals surface area (Å²) >= 11 is 0. The highest BCUT2D eigenvalue weighted by Gasteiger charge is 2.48. The van der Waals surface area contributed by atoms with Gasteiger partial charge in [-0.25, -0.2) is 4.79 Å². The summed E-state index contributed by atoms with van der Waals surface area (Å²) in [7, 11) is 2.75. The smallest absolute Gasteiger partial charge is 0.379 e. The van der Waals surface area contributed by atoms with Crippen molar-refractivity contribution >= 4 is 18.4 Å². The molecular formula is C13H18ClF2NO4. The molecule has 5 nitrogen and oxygen atoms in total. The summed E-state index contributed by atoms with van der Waals surface area (Å²) in [5.74, 6) is -4.97. The first-order chi connectivity index (χ1) is 9.38. The number of hydrogen-bond donors (Lipinski definition) is 1. The van der Waals surface area contributed by atoms with Crippen LogP contribution in [0, 0.1) is 0 Å². The fraction of sp³-hybridized carbons (Fsp3) is 0.462. The molecule has 0 radical (unpaired) electrons. The molecule has 2 N–H and O–H groups in total. The van der Waals surface area contributed by atoms with E-state index in [1.807, 2.05) is 0 Å². The van der Waals surface area contributed by atoms with Gasteiger partial charge in [0.25, 0.3) is 0 Å². The molecule has 0 heterocycles. The molecule has 21 heavy (non-hydrogen) atoms. The molecule has 0 spiro atoms. The molecule has 0 aromatic heterocycles. The van der Waals surface area contributed by atoms with Gasteiger partial charge in [0.1, 0.15) is 17.5 Å². The maximum Gasteiger partial charge on any atom is 0.379 e. The van der Waals surface area contributed by atoms with E-state index >= 15 is 0 Å². The Labute approximate surface area is 127 Å². The Kier molecular flexibility index (Phi) is 7.38. The van der Waals surface area contributed by atoms with E-state index in [0.29, 0.717) is 5.75 Å². The van der Waals surface area contributed by atoms with Crippen LogP contribution in [0.2, 0.25) is 0 Å². The second-order valence-electron chi connectivity index (χ2n) is 3.93. The molecule has 0 fully saturated rings. The van der Waals surface area contributed by atoms with Crippen molar-refractivity contribution in [1.29, 1.82) is 0 Å². The van der Waals surface area contributed by atoms with E-state index < -0.39 is 17.9 Å². The number of hydrogen-bond acceptors (Lipinski definition) is 5. The highest BCUT2D eigenvalue weighted by atomic mass is 35.5. The predicted octanol–water partition coefficient (Wildman–Crippen LogP) is 2.32. The van der Waals surface area contributed by atoms with Crippen molar-refractivity contribution in [1.82, 2.24) is 0 Å². The molecular weight excluding hydrogens is 308 g/mol. The Morgan fingerprint density at radius 1 is 1.33 bits per heavy atom. The van der Waals surface area contributed by atoms with Gasteiger partial charge < -0.3 is 19.9 Å². The number of nitrogens with two attached hydrogens (primary N) is 1. The van der Waals surface area contributed by atoms with Gasteiger partial charge in [-0.3, -0.25) is 0 Å². The van der Waals surface area contributed by atoms with Gasteiger partial charge in [-0.15, -0.1) is 12.4 Å². The molecule has 0 amide bonds. The minimum absolute atomic E-state index is 0. The van der Waals surface area contributed by atoms with E-state index in [4.69, 9.17) is 15.2 Å². The van der Waals surface area contributed by atoms with Gasteiger partial charge in [0.15, 0.2) is 0 Å². The van der Waals surface area contributed by atoms with Gasteiger partial charge in [-0.1, -0.05) is 0 Å². The van der Waals surface area contributed by atoms with E-state index in [0.717, 1.165) is 0 Å². The lowest BCUT2D eigenvalue weighted by atomic mass is 10.00. The molecule has 1 rings (SSSR count). The van der Waals surface area contributed by atoms with Gasteiger partial charge in [-0.2, -0.15) is 8.78 Å². The van der Waals surface area contributed by atoms with Crippen LogP contribution in [0.25, 0.3) is 0 Å². The first-order valence-electron chi connectivity index (χ1n) is 5.91. The van der Waals surface area contributed by atoms with Gasteiger partial charge in [-0.05, 0) is 19.1 Å². The molecule has 0 saturated carbocycles. The fourth-order valence-corrected chi connectivity index (χ4v) is 1.62. The second-order valence-corrected chi connectivity index (χ2v) is 3.93. The van der Waals surface area contributed by atoms with Crippen molar-refractivity contribution in [3.8, 4) is 11.5 Å². The molecule has 120 valence electrons. The summed E-state index contributed by atoms with van der Waals surface area (Å²) in [5.41, 5.74) is 5.49. The average molecular weight is 326 g/mol. The maximum absolute atomic E-state index is 13.9. The Morgan fingerprint density at radius 2 is 1.95 bits per heavy atom. The number of esters is 1. The highest BCUT2D eigenvalue weighted by molar-refractivity contribution is 5.85. The third-order valence-corrected chi connectivity index (χ3v) is 2.71. The number of alkyl halides is 2. The van der Waals surface area contributed by atoms with Crippen LogP contribution in [0.5, 0.6) is 11.5 Å². The average Bonchev–Trinajstić information content (AvgIpc) is 2.45. The second kappa shape index (κ2) is 7.99. The standard InChI is InChI=1S/C13H17F2NO4.ClH/c1-4-20-12(17)13(14,15)11(16)9-6-5-8(18-2)7-10(9)19-3;/h5-7,11H,4,16H2,1-3H3;1H/t11-;/m0./s1. The summed E-state index contributed by atoms with van der Waals surface area (Å²) in [6.07, 6.45) is 0. The van der Waals surface area contributed by atoms with Crippen LogP contribution in [0.4, 0.5) is 8.78 Å². The first-order valence-corrected chi connectivity index (χ1v) is 5.91. The van der Waals surface area contributed by atoms with Crippen molar-refractivity contribution in [2.75, 3.05) is 20.8 Å². The lowest BCUT2D eigenvalue weighted by Gasteiger charge is -2.23. The lowest BCUT2D eigenvalue weighted by molar-refractivity contribution is -0.174. The number of carbonyl (C=O) groups excluding carboxylic acids is 1. The molecule has 0 unspecified atom stereocenters. The summed E-state index contributed by atoms with van der Waals surface area (Å²) in [6, 6.07) is 2.33. The van der Waals surface area contributed by atoms with E-state index in [9.17, 15) is 13.6 Å². The Morgan fingerprint density at radius 3 is 2.43 bits per heavy atom.